The molecule has 0 unspecified atom stereocenters. The Hall–Kier alpha value is -3.80. The molecule has 0 fully saturated rings. The van der Waals surface area contributed by atoms with Crippen molar-refractivity contribution in [1.82, 2.24) is 10.3 Å². The number of benzene rings is 2. The lowest BCUT2D eigenvalue weighted by Crippen LogP contribution is -2.25. The monoisotopic (exact) mass is 388 g/mol. The van der Waals surface area contributed by atoms with Gasteiger partial charge < -0.3 is 21.1 Å². The summed E-state index contributed by atoms with van der Waals surface area (Å²) in [4.78, 5) is 16.0. The van der Waals surface area contributed by atoms with E-state index < -0.39 is 6.09 Å². The average Bonchev–Trinajstić information content (AvgIpc) is 2.75. The molecular formula is C23H24N4O2. The molecule has 2 aromatic carbocycles. The number of carbonyl (C=O) groups excluding carboxylic acids is 1. The molecule has 1 atom stereocenters. The fourth-order valence-electron chi connectivity index (χ4n) is 2.73. The molecule has 29 heavy (non-hydrogen) atoms. The van der Waals surface area contributed by atoms with Crippen LogP contribution in [0.5, 0.6) is 0 Å². The zero-order valence-electron chi connectivity index (χ0n) is 16.3. The smallest absolute Gasteiger partial charge is 0.408 e. The van der Waals surface area contributed by atoms with E-state index >= 15 is 0 Å². The fraction of sp³-hybridized carbons (Fsp3) is 0.130. The van der Waals surface area contributed by atoms with Crippen LogP contribution in [0.15, 0.2) is 79.6 Å². The van der Waals surface area contributed by atoms with Crippen LogP contribution in [0.4, 0.5) is 16.2 Å². The van der Waals surface area contributed by atoms with Crippen molar-refractivity contribution < 1.29 is 9.53 Å². The van der Waals surface area contributed by atoms with Gasteiger partial charge in [0.05, 0.1) is 11.4 Å². The fourth-order valence-corrected chi connectivity index (χ4v) is 2.73. The van der Waals surface area contributed by atoms with Crippen molar-refractivity contribution in [3.63, 3.8) is 0 Å². The van der Waals surface area contributed by atoms with Crippen molar-refractivity contribution in [1.29, 1.82) is 0 Å². The van der Waals surface area contributed by atoms with E-state index in [0.717, 1.165) is 28.1 Å². The van der Waals surface area contributed by atoms with Gasteiger partial charge in [0.1, 0.15) is 6.10 Å². The number of rotatable bonds is 7. The SMILES string of the molecule is C=C(Nc1ccccc1N)c1ccc(CNC(=O)O[C@H](C)c2cccnc2)cc1. The van der Waals surface area contributed by atoms with Gasteiger partial charge in [0.15, 0.2) is 0 Å². The number of nitrogens with two attached hydrogens (primary N) is 1. The minimum Gasteiger partial charge on any atom is -0.442 e. The van der Waals surface area contributed by atoms with Crippen LogP contribution in [0.2, 0.25) is 0 Å². The van der Waals surface area contributed by atoms with E-state index in [1.54, 1.807) is 12.4 Å². The summed E-state index contributed by atoms with van der Waals surface area (Å²) in [6.07, 6.45) is 2.52. The highest BCUT2D eigenvalue weighted by Crippen LogP contribution is 2.22. The summed E-state index contributed by atoms with van der Waals surface area (Å²) >= 11 is 0. The summed E-state index contributed by atoms with van der Waals surface area (Å²) in [7, 11) is 0. The number of nitrogen functional groups attached to an aromatic ring is 1. The predicted molar refractivity (Wildman–Crippen MR) is 116 cm³/mol. The van der Waals surface area contributed by atoms with Crippen LogP contribution in [0.1, 0.15) is 29.7 Å². The van der Waals surface area contributed by atoms with Gasteiger partial charge in [-0.05, 0) is 36.2 Å². The van der Waals surface area contributed by atoms with E-state index in [-0.39, 0.29) is 6.10 Å². The van der Waals surface area contributed by atoms with Crippen LogP contribution < -0.4 is 16.4 Å². The maximum Gasteiger partial charge on any atom is 0.408 e. The van der Waals surface area contributed by atoms with Gasteiger partial charge in [0.25, 0.3) is 0 Å². The van der Waals surface area contributed by atoms with Crippen LogP contribution >= 0.6 is 0 Å². The number of anilines is 2. The van der Waals surface area contributed by atoms with Crippen molar-refractivity contribution in [2.24, 2.45) is 0 Å². The van der Waals surface area contributed by atoms with Gasteiger partial charge in [-0.1, -0.05) is 49.0 Å². The summed E-state index contributed by atoms with van der Waals surface area (Å²) < 4.78 is 5.37. The molecule has 4 N–H and O–H groups in total. The molecule has 3 aromatic rings. The Morgan fingerprint density at radius 1 is 1.14 bits per heavy atom. The Labute approximate surface area is 170 Å². The Morgan fingerprint density at radius 2 is 1.90 bits per heavy atom. The van der Waals surface area contributed by atoms with Crippen LogP contribution in [0, 0.1) is 0 Å². The highest BCUT2D eigenvalue weighted by Gasteiger charge is 2.11. The number of nitrogens with zero attached hydrogens (tertiary/aromatic N) is 1. The molecule has 0 saturated heterocycles. The van der Waals surface area contributed by atoms with Crippen molar-refractivity contribution in [2.45, 2.75) is 19.6 Å². The molecule has 148 valence electrons. The van der Waals surface area contributed by atoms with Gasteiger partial charge >= 0.3 is 6.09 Å². The third-order valence-electron chi connectivity index (χ3n) is 4.42. The first-order valence-electron chi connectivity index (χ1n) is 9.27. The molecule has 6 heteroatoms. The molecule has 0 spiro atoms. The molecule has 1 heterocycles. The van der Waals surface area contributed by atoms with E-state index in [9.17, 15) is 4.79 Å². The summed E-state index contributed by atoms with van der Waals surface area (Å²) in [5.74, 6) is 0. The van der Waals surface area contributed by atoms with Crippen molar-refractivity contribution in [3.05, 3.63) is 96.3 Å². The van der Waals surface area contributed by atoms with Crippen molar-refractivity contribution >= 4 is 23.2 Å². The van der Waals surface area contributed by atoms with Crippen molar-refractivity contribution in [3.8, 4) is 0 Å². The molecule has 0 aliphatic heterocycles. The normalized spacial score (nSPS) is 11.3. The summed E-state index contributed by atoms with van der Waals surface area (Å²) in [5, 5.41) is 5.98. The Bertz CT molecular complexity index is 972. The largest absolute Gasteiger partial charge is 0.442 e. The van der Waals surface area contributed by atoms with E-state index in [0.29, 0.717) is 12.2 Å². The molecule has 0 bridgehead atoms. The Balaban J connectivity index is 1.50. The number of aromatic nitrogens is 1. The predicted octanol–water partition coefficient (Wildman–Crippen LogP) is 4.73. The molecule has 0 aliphatic carbocycles. The second-order valence-corrected chi connectivity index (χ2v) is 6.58. The number of carbonyl (C=O) groups is 1. The van der Waals surface area contributed by atoms with Crippen molar-refractivity contribution in [2.75, 3.05) is 11.1 Å². The van der Waals surface area contributed by atoms with Gasteiger partial charge in [0.2, 0.25) is 0 Å². The first-order valence-corrected chi connectivity index (χ1v) is 9.27. The maximum absolute atomic E-state index is 12.0. The van der Waals surface area contributed by atoms with Gasteiger partial charge in [0, 0.05) is 30.2 Å². The second kappa shape index (κ2) is 9.41. The average molecular weight is 388 g/mol. The first-order chi connectivity index (χ1) is 14.0. The van der Waals surface area contributed by atoms with Crippen LogP contribution in [0.25, 0.3) is 5.70 Å². The quantitative estimate of drug-likeness (QED) is 0.509. The molecule has 6 nitrogen and oxygen atoms in total. The zero-order valence-corrected chi connectivity index (χ0v) is 16.3. The molecular weight excluding hydrogens is 364 g/mol. The number of nitrogens with one attached hydrogen (secondary N) is 2. The third kappa shape index (κ3) is 5.59. The topological polar surface area (TPSA) is 89.3 Å². The lowest BCUT2D eigenvalue weighted by molar-refractivity contribution is 0.106. The zero-order chi connectivity index (χ0) is 20.6. The minimum absolute atomic E-state index is 0.365. The van der Waals surface area contributed by atoms with Crippen LogP contribution in [0.3, 0.4) is 0 Å². The highest BCUT2D eigenvalue weighted by atomic mass is 16.6. The Kier molecular flexibility index (Phi) is 6.47. The van der Waals surface area contributed by atoms with Gasteiger partial charge in [-0.15, -0.1) is 0 Å². The van der Waals surface area contributed by atoms with E-state index in [2.05, 4.69) is 22.2 Å². The number of hydrogen-bond donors (Lipinski definition) is 3. The third-order valence-corrected chi connectivity index (χ3v) is 4.42. The minimum atomic E-state index is -0.476. The summed E-state index contributed by atoms with van der Waals surface area (Å²) in [6, 6.07) is 18.9. The lowest BCUT2D eigenvalue weighted by atomic mass is 10.1. The number of amides is 1. The molecule has 0 radical (unpaired) electrons. The van der Waals surface area contributed by atoms with E-state index in [1.165, 1.54) is 0 Å². The molecule has 0 aliphatic rings. The molecule has 3 rings (SSSR count). The Morgan fingerprint density at radius 3 is 2.59 bits per heavy atom. The molecule has 1 amide bonds. The number of alkyl carbamates (subject to hydrolysis) is 1. The lowest BCUT2D eigenvalue weighted by Gasteiger charge is -2.14. The number of hydrogen-bond acceptors (Lipinski definition) is 5. The van der Waals surface area contributed by atoms with Gasteiger partial charge in [-0.3, -0.25) is 4.98 Å². The standard InChI is InChI=1S/C23H24N4O2/c1-16(27-22-8-4-3-7-21(22)24)19-11-9-18(10-12-19)14-26-23(28)29-17(2)20-6-5-13-25-15-20/h3-13,15,17,27H,1,14,24H2,2H3,(H,26,28)/t17-/m1/s1. The maximum atomic E-state index is 12.0. The van der Waals surface area contributed by atoms with Gasteiger partial charge in [-0.2, -0.15) is 0 Å². The molecule has 1 aromatic heterocycles. The van der Waals surface area contributed by atoms with E-state index in [4.69, 9.17) is 10.5 Å². The van der Waals surface area contributed by atoms with Crippen LogP contribution in [-0.4, -0.2) is 11.1 Å². The van der Waals surface area contributed by atoms with Crippen LogP contribution in [-0.2, 0) is 11.3 Å². The number of ether oxygens (including phenoxy) is 1. The number of pyridine rings is 1. The summed E-state index contributed by atoms with van der Waals surface area (Å²) in [5.41, 5.74) is 10.9. The number of para-hydroxylation sites is 2. The first kappa shape index (κ1) is 19.9. The summed E-state index contributed by atoms with van der Waals surface area (Å²) in [6.45, 7) is 6.24. The van der Waals surface area contributed by atoms with E-state index in [1.807, 2.05) is 67.6 Å². The molecule has 0 saturated carbocycles. The second-order valence-electron chi connectivity index (χ2n) is 6.58. The van der Waals surface area contributed by atoms with Gasteiger partial charge in [-0.25, -0.2) is 4.79 Å². The highest BCUT2D eigenvalue weighted by molar-refractivity contribution is 5.80.